The van der Waals surface area contributed by atoms with E-state index >= 15 is 0 Å². The van der Waals surface area contributed by atoms with Crippen molar-refractivity contribution in [3.8, 4) is 23.0 Å². The molecule has 1 N–H and O–H groups in total. The summed E-state index contributed by atoms with van der Waals surface area (Å²) in [6.45, 7) is 0. The summed E-state index contributed by atoms with van der Waals surface area (Å²) in [6, 6.07) is 8.62. The summed E-state index contributed by atoms with van der Waals surface area (Å²) in [7, 11) is 5.74. The van der Waals surface area contributed by atoms with E-state index in [0.29, 0.717) is 11.5 Å². The van der Waals surface area contributed by atoms with E-state index < -0.39 is 11.6 Å². The van der Waals surface area contributed by atoms with Crippen LogP contribution in [0.5, 0.6) is 23.0 Å². The summed E-state index contributed by atoms with van der Waals surface area (Å²) in [4.78, 5) is 11.8. The van der Waals surface area contributed by atoms with Gasteiger partial charge in [0.15, 0.2) is 28.6 Å². The molecule has 2 aromatic carbocycles. The van der Waals surface area contributed by atoms with Gasteiger partial charge in [0.2, 0.25) is 0 Å². The Morgan fingerprint density at radius 2 is 1.15 bits per heavy atom. The smallest absolute Gasteiger partial charge is 0.161 e. The zero-order valence-corrected chi connectivity index (χ0v) is 17.3. The van der Waals surface area contributed by atoms with Gasteiger partial charge in [0.1, 0.15) is 0 Å². The predicted molar refractivity (Wildman–Crippen MR) is 102 cm³/mol. The molecule has 27 heavy (non-hydrogen) atoms. The molecule has 0 spiro atoms. The van der Waals surface area contributed by atoms with Crippen LogP contribution in [-0.2, 0) is 10.4 Å². The SMILES string of the molecule is CBr.COc1ccc(C(O)(C(=O)[O-])c2ccc(OC)c(OC)c2)cc1OC. The van der Waals surface area contributed by atoms with Crippen molar-refractivity contribution >= 4 is 21.9 Å². The molecule has 0 saturated carbocycles. The van der Waals surface area contributed by atoms with E-state index in [9.17, 15) is 15.0 Å². The van der Waals surface area contributed by atoms with Gasteiger partial charge in [-0.2, -0.15) is 0 Å². The molecule has 0 fully saturated rings. The number of aliphatic hydroxyl groups is 1. The molecule has 0 amide bonds. The number of aliphatic carboxylic acids is 1. The highest BCUT2D eigenvalue weighted by Gasteiger charge is 2.35. The molecule has 8 heteroatoms. The second-order valence-corrected chi connectivity index (χ2v) is 5.14. The minimum absolute atomic E-state index is 0.0531. The summed E-state index contributed by atoms with van der Waals surface area (Å²) in [5.74, 6) is 1.48. The van der Waals surface area contributed by atoms with Gasteiger partial charge in [-0.3, -0.25) is 0 Å². The number of ether oxygens (including phenoxy) is 4. The number of methoxy groups -OCH3 is 4. The molecule has 148 valence electrons. The van der Waals surface area contributed by atoms with Gasteiger partial charge in [-0.1, -0.05) is 28.1 Å². The second kappa shape index (κ2) is 10.0. The number of hydrogen-bond donors (Lipinski definition) is 1. The van der Waals surface area contributed by atoms with Crippen molar-refractivity contribution in [2.45, 2.75) is 5.60 Å². The molecule has 0 aliphatic rings. The maximum atomic E-state index is 11.8. The third-order valence-corrected chi connectivity index (χ3v) is 3.90. The average Bonchev–Trinajstić information content (AvgIpc) is 2.73. The van der Waals surface area contributed by atoms with E-state index in [-0.39, 0.29) is 22.6 Å². The first-order chi connectivity index (χ1) is 12.9. The van der Waals surface area contributed by atoms with Crippen molar-refractivity contribution in [1.82, 2.24) is 0 Å². The number of carboxylic acids is 1. The maximum Gasteiger partial charge on any atom is 0.161 e. The number of hydrogen-bond acceptors (Lipinski definition) is 7. The fourth-order valence-electron chi connectivity index (χ4n) is 2.52. The number of halogens is 1. The Hall–Kier alpha value is -2.45. The van der Waals surface area contributed by atoms with Crippen molar-refractivity contribution in [3.05, 3.63) is 47.5 Å². The molecular formula is C19H22BrO7-. The molecule has 0 aromatic heterocycles. The van der Waals surface area contributed by atoms with Crippen molar-refractivity contribution in [2.24, 2.45) is 0 Å². The normalized spacial score (nSPS) is 10.3. The molecule has 0 unspecified atom stereocenters. The standard InChI is InChI=1S/C18H20O7.CH3Br/c1-22-13-7-5-11(9-15(13)24-3)18(21,17(19)20)12-6-8-14(23-2)16(10-12)25-4;1-2/h5-10,21H,1-4H3,(H,19,20);1H3/p-1. The average molecular weight is 442 g/mol. The lowest BCUT2D eigenvalue weighted by Gasteiger charge is -2.31. The van der Waals surface area contributed by atoms with Crippen LogP contribution in [0, 0.1) is 0 Å². The number of benzene rings is 2. The number of alkyl halides is 1. The Balaban J connectivity index is 0.00000176. The van der Waals surface area contributed by atoms with E-state index in [2.05, 4.69) is 15.9 Å². The highest BCUT2D eigenvalue weighted by molar-refractivity contribution is 9.08. The molecule has 0 bridgehead atoms. The van der Waals surface area contributed by atoms with Gasteiger partial charge in [-0.15, -0.1) is 0 Å². The Bertz CT molecular complexity index is 721. The first-order valence-corrected chi connectivity index (χ1v) is 9.27. The van der Waals surface area contributed by atoms with Crippen LogP contribution in [0.4, 0.5) is 0 Å². The van der Waals surface area contributed by atoms with Crippen molar-refractivity contribution in [1.29, 1.82) is 0 Å². The van der Waals surface area contributed by atoms with E-state index in [0.717, 1.165) is 0 Å². The lowest BCUT2D eigenvalue weighted by atomic mass is 9.86. The summed E-state index contributed by atoms with van der Waals surface area (Å²) in [6.07, 6.45) is 0. The minimum atomic E-state index is -2.42. The first kappa shape index (κ1) is 22.6. The Morgan fingerprint density at radius 1 is 0.815 bits per heavy atom. The van der Waals surface area contributed by atoms with Crippen LogP contribution in [0.2, 0.25) is 0 Å². The van der Waals surface area contributed by atoms with Gasteiger partial charge in [0.25, 0.3) is 0 Å². The molecule has 0 heterocycles. The summed E-state index contributed by atoms with van der Waals surface area (Å²) in [5.41, 5.74) is -2.31. The highest BCUT2D eigenvalue weighted by atomic mass is 79.9. The quantitative estimate of drug-likeness (QED) is 0.653. The number of carboxylic acid groups (broad SMARTS) is 1. The van der Waals surface area contributed by atoms with E-state index in [1.54, 1.807) is 0 Å². The Kier molecular flexibility index (Phi) is 8.39. The van der Waals surface area contributed by atoms with Gasteiger partial charge < -0.3 is 34.0 Å². The van der Waals surface area contributed by atoms with Crippen LogP contribution in [0.15, 0.2) is 36.4 Å². The lowest BCUT2D eigenvalue weighted by Crippen LogP contribution is -2.46. The van der Waals surface area contributed by atoms with E-state index in [1.807, 2.05) is 5.83 Å². The Labute approximate surface area is 166 Å². The monoisotopic (exact) mass is 441 g/mol. The number of carbonyl (C=O) groups excluding carboxylic acids is 1. The van der Waals surface area contributed by atoms with Gasteiger partial charge in [0, 0.05) is 0 Å². The van der Waals surface area contributed by atoms with Crippen LogP contribution in [0.1, 0.15) is 11.1 Å². The third kappa shape index (κ3) is 4.45. The topological polar surface area (TPSA) is 97.3 Å². The molecule has 2 rings (SSSR count). The lowest BCUT2D eigenvalue weighted by molar-refractivity contribution is -0.322. The van der Waals surface area contributed by atoms with Gasteiger partial charge >= 0.3 is 0 Å². The van der Waals surface area contributed by atoms with Gasteiger partial charge in [-0.25, -0.2) is 0 Å². The van der Waals surface area contributed by atoms with Gasteiger partial charge in [0.05, 0.1) is 34.4 Å². The second-order valence-electron chi connectivity index (χ2n) is 5.14. The van der Waals surface area contributed by atoms with Crippen LogP contribution in [0.3, 0.4) is 0 Å². The molecule has 7 nitrogen and oxygen atoms in total. The summed E-state index contributed by atoms with van der Waals surface area (Å²) in [5, 5.41) is 22.8. The highest BCUT2D eigenvalue weighted by Crippen LogP contribution is 2.38. The van der Waals surface area contributed by atoms with Crippen molar-refractivity contribution in [3.63, 3.8) is 0 Å². The maximum absolute atomic E-state index is 11.8. The zero-order valence-electron chi connectivity index (χ0n) is 15.7. The molecule has 0 saturated heterocycles. The fraction of sp³-hybridized carbons (Fsp3) is 0.316. The van der Waals surface area contributed by atoms with Crippen molar-refractivity contribution in [2.75, 3.05) is 34.3 Å². The molecule has 2 aromatic rings. The van der Waals surface area contributed by atoms with Gasteiger partial charge in [-0.05, 0) is 41.2 Å². The summed E-state index contributed by atoms with van der Waals surface area (Å²) < 4.78 is 20.6. The number of rotatable bonds is 7. The largest absolute Gasteiger partial charge is 0.546 e. The van der Waals surface area contributed by atoms with E-state index in [4.69, 9.17) is 18.9 Å². The molecule has 0 aliphatic carbocycles. The third-order valence-electron chi connectivity index (χ3n) is 3.90. The van der Waals surface area contributed by atoms with Crippen molar-refractivity contribution < 1.29 is 34.0 Å². The summed E-state index contributed by atoms with van der Waals surface area (Å²) >= 11 is 2.94. The predicted octanol–water partition coefficient (Wildman–Crippen LogP) is 1.72. The first-order valence-electron chi connectivity index (χ1n) is 7.69. The fourth-order valence-corrected chi connectivity index (χ4v) is 2.52. The van der Waals surface area contributed by atoms with E-state index in [1.165, 1.54) is 64.8 Å². The molecule has 0 aliphatic heterocycles. The van der Waals surface area contributed by atoms with Crippen LogP contribution < -0.4 is 24.1 Å². The molecule has 0 atom stereocenters. The van der Waals surface area contributed by atoms with Crippen LogP contribution in [0.25, 0.3) is 0 Å². The molecular weight excluding hydrogens is 420 g/mol. The number of carbonyl (C=O) groups is 1. The zero-order chi connectivity index (χ0) is 20.6. The molecule has 0 radical (unpaired) electrons. The van der Waals surface area contributed by atoms with Crippen LogP contribution >= 0.6 is 15.9 Å². The Morgan fingerprint density at radius 3 is 1.41 bits per heavy atom. The minimum Gasteiger partial charge on any atom is -0.546 e. The van der Waals surface area contributed by atoms with Crippen LogP contribution in [-0.4, -0.2) is 45.3 Å².